The van der Waals surface area contributed by atoms with Crippen molar-refractivity contribution in [2.24, 2.45) is 5.92 Å². The molecule has 116 valence electrons. The van der Waals surface area contributed by atoms with Crippen LogP contribution in [0.4, 0.5) is 0 Å². The van der Waals surface area contributed by atoms with E-state index in [2.05, 4.69) is 15.5 Å². The van der Waals surface area contributed by atoms with Crippen molar-refractivity contribution in [3.8, 4) is 0 Å². The third-order valence-electron chi connectivity index (χ3n) is 3.61. The van der Waals surface area contributed by atoms with Gasteiger partial charge in [-0.25, -0.2) is 0 Å². The zero-order chi connectivity index (χ0) is 15.4. The number of nitrogens with zero attached hydrogens (tertiary/aromatic N) is 3. The molecule has 1 atom stereocenters. The van der Waals surface area contributed by atoms with E-state index in [1.165, 1.54) is 0 Å². The number of carbonyl (C=O) groups excluding carboxylic acids is 2. The zero-order valence-corrected chi connectivity index (χ0v) is 12.8. The van der Waals surface area contributed by atoms with Crippen LogP contribution < -0.4 is 5.32 Å². The predicted octanol–water partition coefficient (Wildman–Crippen LogP) is -0.256. The van der Waals surface area contributed by atoms with E-state index in [0.29, 0.717) is 26.1 Å². The van der Waals surface area contributed by atoms with Crippen LogP contribution in [0.2, 0.25) is 0 Å². The summed E-state index contributed by atoms with van der Waals surface area (Å²) in [6.45, 7) is 4.31. The summed E-state index contributed by atoms with van der Waals surface area (Å²) < 4.78 is 0. The van der Waals surface area contributed by atoms with Crippen molar-refractivity contribution >= 4 is 11.8 Å². The lowest BCUT2D eigenvalue weighted by Crippen LogP contribution is -2.35. The second kappa shape index (κ2) is 6.71. The molecule has 0 bridgehead atoms. The maximum atomic E-state index is 12.1. The van der Waals surface area contributed by atoms with E-state index in [1.807, 2.05) is 32.0 Å². The smallest absolute Gasteiger partial charge is 0.225 e. The number of aromatic nitrogens is 2. The molecule has 0 aromatic carbocycles. The van der Waals surface area contributed by atoms with Gasteiger partial charge in [-0.1, -0.05) is 0 Å². The number of carbonyl (C=O) groups is 2. The third kappa shape index (κ3) is 4.29. The van der Waals surface area contributed by atoms with Crippen LogP contribution in [0.15, 0.2) is 6.07 Å². The first-order valence-corrected chi connectivity index (χ1v) is 7.17. The summed E-state index contributed by atoms with van der Waals surface area (Å²) in [6, 6.07) is 1.89. The molecule has 1 aromatic rings. The highest BCUT2D eigenvalue weighted by Gasteiger charge is 2.33. The molecular formula is C14H23N5O2. The first kappa shape index (κ1) is 15.5. The molecule has 7 heteroatoms. The van der Waals surface area contributed by atoms with E-state index in [-0.39, 0.29) is 17.7 Å². The van der Waals surface area contributed by atoms with Crippen molar-refractivity contribution in [2.75, 3.05) is 33.7 Å². The minimum atomic E-state index is -0.250. The first-order valence-electron chi connectivity index (χ1n) is 7.17. The molecule has 1 fully saturated rings. The van der Waals surface area contributed by atoms with Crippen molar-refractivity contribution < 1.29 is 9.59 Å². The monoisotopic (exact) mass is 293 g/mol. The molecule has 0 spiro atoms. The van der Waals surface area contributed by atoms with Crippen LogP contribution in [-0.4, -0.2) is 65.5 Å². The van der Waals surface area contributed by atoms with Gasteiger partial charge in [-0.3, -0.25) is 14.7 Å². The summed E-state index contributed by atoms with van der Waals surface area (Å²) in [5.74, 6) is -0.260. The van der Waals surface area contributed by atoms with Gasteiger partial charge in [-0.05, 0) is 27.1 Å². The van der Waals surface area contributed by atoms with Crippen molar-refractivity contribution in [3.05, 3.63) is 17.5 Å². The average molecular weight is 293 g/mol. The largest absolute Gasteiger partial charge is 0.350 e. The molecule has 2 amide bonds. The Bertz CT molecular complexity index is 511. The van der Waals surface area contributed by atoms with Gasteiger partial charge >= 0.3 is 0 Å². The van der Waals surface area contributed by atoms with Gasteiger partial charge in [0.2, 0.25) is 11.8 Å². The minimum absolute atomic E-state index is 0.0626. The van der Waals surface area contributed by atoms with Gasteiger partial charge in [0, 0.05) is 31.7 Å². The second-order valence-electron chi connectivity index (χ2n) is 5.80. The number of likely N-dealkylation sites (N-methyl/N-ethyl adjacent to an activating group) is 1. The SMILES string of the molecule is Cc1cc(CNC(=O)[C@@H]2CC(=O)N(CCN(C)C)C2)n[nH]1. The highest BCUT2D eigenvalue weighted by Crippen LogP contribution is 2.17. The lowest BCUT2D eigenvalue weighted by atomic mass is 10.1. The van der Waals surface area contributed by atoms with Gasteiger partial charge in [0.1, 0.15) is 0 Å². The normalized spacial score (nSPS) is 18.6. The zero-order valence-electron chi connectivity index (χ0n) is 12.8. The van der Waals surface area contributed by atoms with E-state index in [0.717, 1.165) is 17.9 Å². The molecule has 0 unspecified atom stereocenters. The Hall–Kier alpha value is -1.89. The Morgan fingerprint density at radius 3 is 2.95 bits per heavy atom. The number of hydrogen-bond acceptors (Lipinski definition) is 4. The van der Waals surface area contributed by atoms with Crippen LogP contribution in [0.1, 0.15) is 17.8 Å². The third-order valence-corrected chi connectivity index (χ3v) is 3.61. The highest BCUT2D eigenvalue weighted by atomic mass is 16.2. The van der Waals surface area contributed by atoms with Gasteiger partial charge in [0.05, 0.1) is 18.2 Å². The molecule has 0 saturated carbocycles. The van der Waals surface area contributed by atoms with Gasteiger partial charge in [-0.15, -0.1) is 0 Å². The number of aryl methyl sites for hydroxylation is 1. The van der Waals surface area contributed by atoms with E-state index in [1.54, 1.807) is 4.90 Å². The molecule has 21 heavy (non-hydrogen) atoms. The van der Waals surface area contributed by atoms with Gasteiger partial charge < -0.3 is 15.1 Å². The summed E-state index contributed by atoms with van der Waals surface area (Å²) in [7, 11) is 3.94. The van der Waals surface area contributed by atoms with E-state index >= 15 is 0 Å². The van der Waals surface area contributed by atoms with Crippen LogP contribution in [0.3, 0.4) is 0 Å². The Morgan fingerprint density at radius 2 is 2.33 bits per heavy atom. The fraction of sp³-hybridized carbons (Fsp3) is 0.643. The molecule has 7 nitrogen and oxygen atoms in total. The Balaban J connectivity index is 1.79. The van der Waals surface area contributed by atoms with Crippen molar-refractivity contribution in [2.45, 2.75) is 19.9 Å². The van der Waals surface area contributed by atoms with Crippen LogP contribution in [0, 0.1) is 12.8 Å². The first-order chi connectivity index (χ1) is 9.95. The van der Waals surface area contributed by atoms with Crippen molar-refractivity contribution in [1.29, 1.82) is 0 Å². The Morgan fingerprint density at radius 1 is 1.57 bits per heavy atom. The molecule has 1 saturated heterocycles. The topological polar surface area (TPSA) is 81.3 Å². The maximum Gasteiger partial charge on any atom is 0.225 e. The molecule has 1 aromatic heterocycles. The number of likely N-dealkylation sites (tertiary alicyclic amines) is 1. The van der Waals surface area contributed by atoms with Crippen LogP contribution in [-0.2, 0) is 16.1 Å². The minimum Gasteiger partial charge on any atom is -0.350 e. The lowest BCUT2D eigenvalue weighted by Gasteiger charge is -2.19. The molecular weight excluding hydrogens is 270 g/mol. The number of aromatic amines is 1. The quantitative estimate of drug-likeness (QED) is 0.757. The predicted molar refractivity (Wildman–Crippen MR) is 78.4 cm³/mol. The van der Waals surface area contributed by atoms with Gasteiger partial charge in [-0.2, -0.15) is 5.10 Å². The Labute approximate surface area is 124 Å². The number of hydrogen-bond donors (Lipinski definition) is 2. The van der Waals surface area contributed by atoms with Crippen molar-refractivity contribution in [3.63, 3.8) is 0 Å². The van der Waals surface area contributed by atoms with Crippen LogP contribution in [0.25, 0.3) is 0 Å². The summed E-state index contributed by atoms with van der Waals surface area (Å²) in [5, 5.41) is 9.75. The summed E-state index contributed by atoms with van der Waals surface area (Å²) in [4.78, 5) is 27.8. The maximum absolute atomic E-state index is 12.1. The molecule has 0 radical (unpaired) electrons. The van der Waals surface area contributed by atoms with Crippen LogP contribution in [0.5, 0.6) is 0 Å². The highest BCUT2D eigenvalue weighted by molar-refractivity contribution is 5.89. The summed E-state index contributed by atoms with van der Waals surface area (Å²) in [6.07, 6.45) is 0.304. The molecule has 2 N–H and O–H groups in total. The van der Waals surface area contributed by atoms with Crippen molar-refractivity contribution in [1.82, 2.24) is 25.3 Å². The standard InChI is InChI=1S/C14H23N5O2/c1-10-6-12(17-16-10)8-15-14(21)11-7-13(20)19(9-11)5-4-18(2)3/h6,11H,4-5,7-9H2,1-3H3,(H,15,21)(H,16,17)/t11-/m1/s1. The fourth-order valence-corrected chi connectivity index (χ4v) is 2.37. The number of nitrogens with one attached hydrogen (secondary N) is 2. The van der Waals surface area contributed by atoms with E-state index in [4.69, 9.17) is 0 Å². The number of H-pyrrole nitrogens is 1. The molecule has 1 aliphatic heterocycles. The Kier molecular flexibility index (Phi) is 4.95. The number of rotatable bonds is 6. The fourth-order valence-electron chi connectivity index (χ4n) is 2.37. The molecule has 2 rings (SSSR count). The lowest BCUT2D eigenvalue weighted by molar-refractivity contribution is -0.129. The van der Waals surface area contributed by atoms with Gasteiger partial charge in [0.15, 0.2) is 0 Å². The van der Waals surface area contributed by atoms with Gasteiger partial charge in [0.25, 0.3) is 0 Å². The molecule has 0 aliphatic carbocycles. The summed E-state index contributed by atoms with van der Waals surface area (Å²) in [5.41, 5.74) is 1.76. The van der Waals surface area contributed by atoms with Crippen LogP contribution >= 0.6 is 0 Å². The molecule has 1 aliphatic rings. The molecule has 2 heterocycles. The second-order valence-corrected chi connectivity index (χ2v) is 5.80. The average Bonchev–Trinajstić information content (AvgIpc) is 3.00. The number of amides is 2. The van der Waals surface area contributed by atoms with E-state index in [9.17, 15) is 9.59 Å². The van der Waals surface area contributed by atoms with E-state index < -0.39 is 0 Å². The summed E-state index contributed by atoms with van der Waals surface area (Å²) >= 11 is 0.